The summed E-state index contributed by atoms with van der Waals surface area (Å²) in [7, 11) is 0. The van der Waals surface area contributed by atoms with Gasteiger partial charge >= 0.3 is 6.03 Å². The SMILES string of the molecule is CC1CCCCN1C(=O)CN1C(=O)C(C)N(c2ccccc2)C1=O. The second-order valence-corrected chi connectivity index (χ2v) is 6.52. The van der Waals surface area contributed by atoms with E-state index < -0.39 is 12.1 Å². The maximum Gasteiger partial charge on any atom is 0.332 e. The minimum Gasteiger partial charge on any atom is -0.338 e. The number of rotatable bonds is 3. The minimum atomic E-state index is -0.591. The molecule has 24 heavy (non-hydrogen) atoms. The molecule has 0 spiro atoms. The van der Waals surface area contributed by atoms with Gasteiger partial charge in [-0.3, -0.25) is 19.4 Å². The molecule has 0 aromatic heterocycles. The van der Waals surface area contributed by atoms with Gasteiger partial charge in [0.15, 0.2) is 0 Å². The Morgan fingerprint density at radius 3 is 2.50 bits per heavy atom. The molecular weight excluding hydrogens is 306 g/mol. The summed E-state index contributed by atoms with van der Waals surface area (Å²) >= 11 is 0. The number of amides is 4. The van der Waals surface area contributed by atoms with E-state index in [1.807, 2.05) is 25.1 Å². The van der Waals surface area contributed by atoms with Gasteiger partial charge in [-0.25, -0.2) is 4.79 Å². The van der Waals surface area contributed by atoms with Gasteiger partial charge in [-0.15, -0.1) is 0 Å². The Morgan fingerprint density at radius 2 is 1.83 bits per heavy atom. The Morgan fingerprint density at radius 1 is 1.12 bits per heavy atom. The minimum absolute atomic E-state index is 0.147. The zero-order valence-electron chi connectivity index (χ0n) is 14.1. The van der Waals surface area contributed by atoms with Crippen LogP contribution in [-0.4, -0.2) is 52.8 Å². The number of hydrogen-bond donors (Lipinski definition) is 0. The smallest absolute Gasteiger partial charge is 0.332 e. The van der Waals surface area contributed by atoms with Gasteiger partial charge < -0.3 is 4.90 Å². The number of anilines is 1. The lowest BCUT2D eigenvalue weighted by molar-refractivity contribution is -0.139. The first kappa shape index (κ1) is 16.5. The Bertz CT molecular complexity index is 646. The molecule has 0 N–H and O–H groups in total. The van der Waals surface area contributed by atoms with Crippen LogP contribution in [0.3, 0.4) is 0 Å². The maximum absolute atomic E-state index is 12.7. The molecule has 128 valence electrons. The Hall–Kier alpha value is -2.37. The van der Waals surface area contributed by atoms with Crippen LogP contribution in [0.5, 0.6) is 0 Å². The predicted molar refractivity (Wildman–Crippen MR) is 90.5 cm³/mol. The lowest BCUT2D eigenvalue weighted by atomic mass is 10.0. The molecular formula is C18H23N3O3. The fraction of sp³-hybridized carbons (Fsp3) is 0.500. The molecule has 3 rings (SSSR count). The molecule has 2 unspecified atom stereocenters. The van der Waals surface area contributed by atoms with E-state index in [1.54, 1.807) is 24.0 Å². The number of urea groups is 1. The van der Waals surface area contributed by atoms with Crippen LogP contribution in [0, 0.1) is 0 Å². The van der Waals surface area contributed by atoms with Gasteiger partial charge in [-0.2, -0.15) is 0 Å². The lowest BCUT2D eigenvalue weighted by Crippen LogP contribution is -2.48. The lowest BCUT2D eigenvalue weighted by Gasteiger charge is -2.34. The van der Waals surface area contributed by atoms with Gasteiger partial charge in [0.25, 0.3) is 5.91 Å². The van der Waals surface area contributed by atoms with E-state index in [-0.39, 0.29) is 24.4 Å². The van der Waals surface area contributed by atoms with Gasteiger partial charge in [0.2, 0.25) is 5.91 Å². The Labute approximate surface area is 142 Å². The van der Waals surface area contributed by atoms with Crippen LogP contribution in [-0.2, 0) is 9.59 Å². The highest BCUT2D eigenvalue weighted by molar-refractivity contribution is 6.15. The van der Waals surface area contributed by atoms with Crippen LogP contribution in [0.25, 0.3) is 0 Å². The number of imide groups is 1. The number of benzene rings is 1. The quantitative estimate of drug-likeness (QED) is 0.799. The third-order valence-electron chi connectivity index (χ3n) is 4.90. The summed E-state index contributed by atoms with van der Waals surface area (Å²) < 4.78 is 0. The molecule has 6 nitrogen and oxygen atoms in total. The summed E-state index contributed by atoms with van der Waals surface area (Å²) in [5.74, 6) is -0.465. The number of carbonyl (C=O) groups is 3. The molecule has 2 atom stereocenters. The maximum atomic E-state index is 12.7. The van der Waals surface area contributed by atoms with Crippen molar-refractivity contribution in [3.63, 3.8) is 0 Å². The number of nitrogens with zero attached hydrogens (tertiary/aromatic N) is 3. The molecule has 2 heterocycles. The average Bonchev–Trinajstić information content (AvgIpc) is 2.79. The van der Waals surface area contributed by atoms with Gasteiger partial charge in [0.1, 0.15) is 12.6 Å². The first-order valence-electron chi connectivity index (χ1n) is 8.50. The molecule has 2 aliphatic rings. The number of piperidine rings is 1. The van der Waals surface area contributed by atoms with E-state index in [2.05, 4.69) is 0 Å². The highest BCUT2D eigenvalue weighted by atomic mass is 16.2. The van der Waals surface area contributed by atoms with Crippen LogP contribution in [0.15, 0.2) is 30.3 Å². The van der Waals surface area contributed by atoms with Crippen molar-refractivity contribution in [2.45, 2.75) is 45.2 Å². The molecule has 2 aliphatic heterocycles. The molecule has 1 aromatic rings. The van der Waals surface area contributed by atoms with Crippen LogP contribution in [0.1, 0.15) is 33.1 Å². The van der Waals surface area contributed by atoms with Crippen molar-refractivity contribution >= 4 is 23.5 Å². The summed E-state index contributed by atoms with van der Waals surface area (Å²) in [6.07, 6.45) is 3.07. The zero-order chi connectivity index (χ0) is 17.3. The highest BCUT2D eigenvalue weighted by Gasteiger charge is 2.44. The van der Waals surface area contributed by atoms with Gasteiger partial charge in [0.05, 0.1) is 0 Å². The van der Waals surface area contributed by atoms with Crippen molar-refractivity contribution in [2.75, 3.05) is 18.0 Å². The predicted octanol–water partition coefficient (Wildman–Crippen LogP) is 2.24. The number of likely N-dealkylation sites (tertiary alicyclic amines) is 1. The van der Waals surface area contributed by atoms with Crippen LogP contribution >= 0.6 is 0 Å². The molecule has 2 fully saturated rings. The van der Waals surface area contributed by atoms with Gasteiger partial charge in [-0.05, 0) is 45.2 Å². The number of carbonyl (C=O) groups excluding carboxylic acids is 3. The van der Waals surface area contributed by atoms with E-state index in [0.29, 0.717) is 12.2 Å². The van der Waals surface area contributed by atoms with Gasteiger partial charge in [0, 0.05) is 18.3 Å². The second-order valence-electron chi connectivity index (χ2n) is 6.52. The summed E-state index contributed by atoms with van der Waals surface area (Å²) in [5.41, 5.74) is 0.671. The first-order chi connectivity index (χ1) is 11.5. The molecule has 4 amide bonds. The Kier molecular flexibility index (Phi) is 4.55. The van der Waals surface area contributed by atoms with E-state index >= 15 is 0 Å². The fourth-order valence-corrected chi connectivity index (χ4v) is 3.49. The molecule has 0 aliphatic carbocycles. The third kappa shape index (κ3) is 2.88. The second kappa shape index (κ2) is 6.63. The first-order valence-corrected chi connectivity index (χ1v) is 8.50. The van der Waals surface area contributed by atoms with Crippen molar-refractivity contribution in [3.8, 4) is 0 Å². The highest BCUT2D eigenvalue weighted by Crippen LogP contribution is 2.26. The van der Waals surface area contributed by atoms with Crippen molar-refractivity contribution < 1.29 is 14.4 Å². The normalized spacial score (nSPS) is 24.7. The summed E-state index contributed by atoms with van der Waals surface area (Å²) in [4.78, 5) is 42.1. The van der Waals surface area contributed by atoms with Crippen molar-refractivity contribution in [2.24, 2.45) is 0 Å². The summed E-state index contributed by atoms with van der Waals surface area (Å²) in [5, 5.41) is 0. The fourth-order valence-electron chi connectivity index (χ4n) is 3.49. The van der Waals surface area contributed by atoms with Crippen LogP contribution < -0.4 is 4.90 Å². The standard InChI is InChI=1S/C18H23N3O3/c1-13-8-6-7-11-19(13)16(22)12-20-17(23)14(2)21(18(20)24)15-9-4-3-5-10-15/h3-5,9-10,13-14H,6-8,11-12H2,1-2H3. The number of para-hydroxylation sites is 1. The van der Waals surface area contributed by atoms with Crippen molar-refractivity contribution in [3.05, 3.63) is 30.3 Å². The molecule has 1 aromatic carbocycles. The molecule has 2 saturated heterocycles. The molecule has 6 heteroatoms. The van der Waals surface area contributed by atoms with Crippen molar-refractivity contribution in [1.82, 2.24) is 9.80 Å². The van der Waals surface area contributed by atoms with Crippen LogP contribution in [0.4, 0.5) is 10.5 Å². The zero-order valence-corrected chi connectivity index (χ0v) is 14.1. The largest absolute Gasteiger partial charge is 0.338 e. The third-order valence-corrected chi connectivity index (χ3v) is 4.90. The van der Waals surface area contributed by atoms with E-state index in [0.717, 1.165) is 24.2 Å². The Balaban J connectivity index is 1.75. The number of hydrogen-bond acceptors (Lipinski definition) is 3. The summed E-state index contributed by atoms with van der Waals surface area (Å²) in [6.45, 7) is 4.24. The topological polar surface area (TPSA) is 60.9 Å². The molecule has 0 radical (unpaired) electrons. The van der Waals surface area contributed by atoms with Gasteiger partial charge in [-0.1, -0.05) is 18.2 Å². The molecule has 0 saturated carbocycles. The molecule has 0 bridgehead atoms. The van der Waals surface area contributed by atoms with E-state index in [9.17, 15) is 14.4 Å². The monoisotopic (exact) mass is 329 g/mol. The van der Waals surface area contributed by atoms with E-state index in [4.69, 9.17) is 0 Å². The van der Waals surface area contributed by atoms with E-state index in [1.165, 1.54) is 4.90 Å². The van der Waals surface area contributed by atoms with Crippen molar-refractivity contribution in [1.29, 1.82) is 0 Å². The van der Waals surface area contributed by atoms with Crippen LogP contribution in [0.2, 0.25) is 0 Å². The summed E-state index contributed by atoms with van der Waals surface area (Å²) in [6, 6.07) is 8.24. The average molecular weight is 329 g/mol.